The first-order valence-electron chi connectivity index (χ1n) is 5.69. The van der Waals surface area contributed by atoms with Crippen LogP contribution >= 0.6 is 0 Å². The van der Waals surface area contributed by atoms with Gasteiger partial charge in [-0.05, 0) is 25.1 Å². The lowest BCUT2D eigenvalue weighted by Crippen LogP contribution is -2.19. The summed E-state index contributed by atoms with van der Waals surface area (Å²) in [5.41, 5.74) is 0.759. The smallest absolute Gasteiger partial charge is 0.243 e. The lowest BCUT2D eigenvalue weighted by Gasteiger charge is -1.98. The zero-order valence-corrected chi connectivity index (χ0v) is 9.97. The molecule has 92 valence electrons. The van der Waals surface area contributed by atoms with Crippen LogP contribution in [0.25, 0.3) is 17.0 Å². The van der Waals surface area contributed by atoms with Gasteiger partial charge in [0.2, 0.25) is 5.91 Å². The highest BCUT2D eigenvalue weighted by Crippen LogP contribution is 2.10. The molecule has 0 aliphatic rings. The number of carbonyl (C=O) groups is 1. The fourth-order valence-electron chi connectivity index (χ4n) is 1.61. The predicted molar refractivity (Wildman–Crippen MR) is 70.2 cm³/mol. The van der Waals surface area contributed by atoms with Crippen LogP contribution in [0.3, 0.4) is 0 Å². The van der Waals surface area contributed by atoms with Crippen molar-refractivity contribution in [1.82, 2.24) is 5.32 Å². The molecule has 1 aromatic heterocycles. The van der Waals surface area contributed by atoms with Crippen molar-refractivity contribution >= 4 is 23.0 Å². The van der Waals surface area contributed by atoms with Crippen LogP contribution in [0.2, 0.25) is 0 Å². The van der Waals surface area contributed by atoms with Gasteiger partial charge in [-0.15, -0.1) is 0 Å². The van der Waals surface area contributed by atoms with Crippen molar-refractivity contribution < 1.29 is 9.21 Å². The average Bonchev–Trinajstić information content (AvgIpc) is 2.39. The molecular formula is C14H13NO3. The van der Waals surface area contributed by atoms with E-state index < -0.39 is 0 Å². The molecule has 0 unspecified atom stereocenters. The molecule has 1 aromatic carbocycles. The van der Waals surface area contributed by atoms with Gasteiger partial charge in [0.15, 0.2) is 5.43 Å². The zero-order chi connectivity index (χ0) is 13.0. The van der Waals surface area contributed by atoms with Gasteiger partial charge >= 0.3 is 0 Å². The number of hydrogen-bond acceptors (Lipinski definition) is 3. The molecule has 1 amide bonds. The van der Waals surface area contributed by atoms with Crippen LogP contribution < -0.4 is 10.7 Å². The van der Waals surface area contributed by atoms with E-state index in [1.54, 1.807) is 24.3 Å². The molecule has 0 radical (unpaired) electrons. The molecule has 4 heteroatoms. The van der Waals surface area contributed by atoms with Gasteiger partial charge in [0.05, 0.1) is 10.9 Å². The van der Waals surface area contributed by atoms with E-state index in [0.29, 0.717) is 23.1 Å². The van der Waals surface area contributed by atoms with E-state index in [1.807, 2.05) is 6.92 Å². The molecule has 0 aliphatic heterocycles. The molecule has 1 heterocycles. The third kappa shape index (κ3) is 2.48. The summed E-state index contributed by atoms with van der Waals surface area (Å²) in [5, 5.41) is 3.12. The van der Waals surface area contributed by atoms with Gasteiger partial charge in [0.1, 0.15) is 11.8 Å². The molecule has 4 nitrogen and oxygen atoms in total. The average molecular weight is 243 g/mol. The fraction of sp³-hybridized carbons (Fsp3) is 0.143. The number of amides is 1. The molecule has 0 aliphatic carbocycles. The Kier molecular flexibility index (Phi) is 3.57. The van der Waals surface area contributed by atoms with E-state index in [4.69, 9.17) is 4.42 Å². The van der Waals surface area contributed by atoms with E-state index in [0.717, 1.165) is 0 Å². The summed E-state index contributed by atoms with van der Waals surface area (Å²) in [6.45, 7) is 2.38. The topological polar surface area (TPSA) is 59.3 Å². The Hall–Kier alpha value is -2.36. The Bertz CT molecular complexity index is 655. The second kappa shape index (κ2) is 5.31. The van der Waals surface area contributed by atoms with Crippen LogP contribution in [0.5, 0.6) is 0 Å². The summed E-state index contributed by atoms with van der Waals surface area (Å²) in [6, 6.07) is 7.00. The molecule has 2 aromatic rings. The Morgan fingerprint density at radius 3 is 2.94 bits per heavy atom. The summed E-state index contributed by atoms with van der Waals surface area (Å²) in [7, 11) is 0. The van der Waals surface area contributed by atoms with Gasteiger partial charge in [-0.2, -0.15) is 0 Å². The number of benzene rings is 1. The lowest BCUT2D eigenvalue weighted by atomic mass is 10.1. The molecular weight excluding hydrogens is 230 g/mol. The van der Waals surface area contributed by atoms with Crippen LogP contribution in [0.4, 0.5) is 0 Å². The largest absolute Gasteiger partial charge is 0.463 e. The van der Waals surface area contributed by atoms with Crippen molar-refractivity contribution in [1.29, 1.82) is 0 Å². The number of hydrogen-bond donors (Lipinski definition) is 1. The first kappa shape index (κ1) is 12.1. The van der Waals surface area contributed by atoms with E-state index in [1.165, 1.54) is 18.4 Å². The normalized spacial score (nSPS) is 10.9. The van der Waals surface area contributed by atoms with Gasteiger partial charge in [0, 0.05) is 12.6 Å². The van der Waals surface area contributed by atoms with Crippen molar-refractivity contribution in [2.75, 3.05) is 6.54 Å². The molecule has 18 heavy (non-hydrogen) atoms. The molecule has 0 saturated heterocycles. The third-order valence-electron chi connectivity index (χ3n) is 2.47. The first-order valence-corrected chi connectivity index (χ1v) is 5.69. The number of fused-ring (bicyclic) bond motifs is 1. The molecule has 0 bridgehead atoms. The van der Waals surface area contributed by atoms with E-state index >= 15 is 0 Å². The number of carbonyl (C=O) groups excluding carboxylic acids is 1. The summed E-state index contributed by atoms with van der Waals surface area (Å²) >= 11 is 0. The van der Waals surface area contributed by atoms with Gasteiger partial charge in [-0.1, -0.05) is 12.1 Å². The summed E-state index contributed by atoms with van der Waals surface area (Å²) in [4.78, 5) is 23.3. The number of para-hydroxylation sites is 1. The SMILES string of the molecule is CCNC(=O)/C=C/c1coc2ccccc2c1=O. The fourth-order valence-corrected chi connectivity index (χ4v) is 1.61. The van der Waals surface area contributed by atoms with E-state index in [9.17, 15) is 9.59 Å². The van der Waals surface area contributed by atoms with Gasteiger partial charge < -0.3 is 9.73 Å². The maximum Gasteiger partial charge on any atom is 0.243 e. The Morgan fingerprint density at radius 1 is 1.39 bits per heavy atom. The summed E-state index contributed by atoms with van der Waals surface area (Å²) in [5.74, 6) is -0.231. The molecule has 2 rings (SSSR count). The van der Waals surface area contributed by atoms with Crippen molar-refractivity contribution in [3.05, 3.63) is 52.4 Å². The van der Waals surface area contributed by atoms with Crippen molar-refractivity contribution in [2.45, 2.75) is 6.92 Å². The van der Waals surface area contributed by atoms with Crippen molar-refractivity contribution in [3.8, 4) is 0 Å². The van der Waals surface area contributed by atoms with Crippen LogP contribution in [-0.4, -0.2) is 12.5 Å². The minimum atomic E-state index is -0.231. The summed E-state index contributed by atoms with van der Waals surface area (Å²) < 4.78 is 5.33. The van der Waals surface area contributed by atoms with Crippen LogP contribution in [0, 0.1) is 0 Å². The van der Waals surface area contributed by atoms with Crippen LogP contribution in [-0.2, 0) is 4.79 Å². The number of nitrogens with one attached hydrogen (secondary N) is 1. The Morgan fingerprint density at radius 2 is 2.17 bits per heavy atom. The second-order valence-electron chi connectivity index (χ2n) is 3.74. The van der Waals surface area contributed by atoms with Crippen molar-refractivity contribution in [2.24, 2.45) is 0 Å². The van der Waals surface area contributed by atoms with Gasteiger partial charge in [0.25, 0.3) is 0 Å². The maximum atomic E-state index is 12.1. The first-order chi connectivity index (χ1) is 8.72. The molecule has 0 spiro atoms. The van der Waals surface area contributed by atoms with Crippen LogP contribution in [0.15, 0.2) is 45.8 Å². The predicted octanol–water partition coefficient (Wildman–Crippen LogP) is 1.94. The summed E-state index contributed by atoms with van der Waals surface area (Å²) in [6.07, 6.45) is 4.15. The zero-order valence-electron chi connectivity index (χ0n) is 9.97. The number of likely N-dealkylation sites (N-methyl/N-ethyl adjacent to an activating group) is 1. The highest BCUT2D eigenvalue weighted by molar-refractivity contribution is 5.92. The number of rotatable bonds is 3. The Balaban J connectivity index is 2.38. The standard InChI is InChI=1S/C14H13NO3/c1-2-15-13(16)8-7-10-9-18-12-6-4-3-5-11(12)14(10)17/h3-9H,2H2,1H3,(H,15,16)/b8-7+. The minimum absolute atomic E-state index is 0.141. The molecule has 1 N–H and O–H groups in total. The van der Waals surface area contributed by atoms with Crippen LogP contribution in [0.1, 0.15) is 12.5 Å². The van der Waals surface area contributed by atoms with Gasteiger partial charge in [-0.3, -0.25) is 9.59 Å². The third-order valence-corrected chi connectivity index (χ3v) is 2.47. The quantitative estimate of drug-likeness (QED) is 0.838. The molecule has 0 atom stereocenters. The molecule has 0 saturated carbocycles. The molecule has 0 fully saturated rings. The van der Waals surface area contributed by atoms with Gasteiger partial charge in [-0.25, -0.2) is 0 Å². The highest BCUT2D eigenvalue weighted by atomic mass is 16.3. The minimum Gasteiger partial charge on any atom is -0.463 e. The second-order valence-corrected chi connectivity index (χ2v) is 3.74. The lowest BCUT2D eigenvalue weighted by molar-refractivity contribution is -0.116. The van der Waals surface area contributed by atoms with E-state index in [2.05, 4.69) is 5.32 Å². The van der Waals surface area contributed by atoms with Crippen molar-refractivity contribution in [3.63, 3.8) is 0 Å². The Labute approximate surface area is 104 Å². The highest BCUT2D eigenvalue weighted by Gasteiger charge is 2.03. The monoisotopic (exact) mass is 243 g/mol. The van der Waals surface area contributed by atoms with E-state index in [-0.39, 0.29) is 11.3 Å². The maximum absolute atomic E-state index is 12.1.